The second-order valence-corrected chi connectivity index (χ2v) is 23.3. The molecule has 2 aliphatic heterocycles. The number of carbonyl (C=O) groups excluding carboxylic acids is 1. The van der Waals surface area contributed by atoms with Gasteiger partial charge in [0.1, 0.15) is 0 Å². The van der Waals surface area contributed by atoms with Crippen LogP contribution < -0.4 is 10.9 Å². The quantitative estimate of drug-likeness (QED) is 0.386. The van der Waals surface area contributed by atoms with Gasteiger partial charge in [-0.15, -0.1) is 11.8 Å². The van der Waals surface area contributed by atoms with Crippen molar-refractivity contribution in [1.82, 2.24) is 19.5 Å². The van der Waals surface area contributed by atoms with Gasteiger partial charge in [0, 0.05) is 13.3 Å². The Morgan fingerprint density at radius 3 is 2.25 bits per heavy atom. The molecule has 1 spiro atoms. The van der Waals surface area contributed by atoms with Crippen LogP contribution in [0.5, 0.6) is 0 Å². The van der Waals surface area contributed by atoms with E-state index < -0.39 is 17.1 Å². The molecule has 2 saturated heterocycles. The van der Waals surface area contributed by atoms with Crippen molar-refractivity contribution in [3.05, 3.63) is 16.7 Å². The van der Waals surface area contributed by atoms with Crippen LogP contribution in [0.1, 0.15) is 93.4 Å². The zero-order chi connectivity index (χ0) is 29.2. The van der Waals surface area contributed by atoms with Crippen molar-refractivity contribution < 1.29 is 17.8 Å². The van der Waals surface area contributed by atoms with Crippen LogP contribution in [0.25, 0.3) is 11.2 Å². The maximum Gasteiger partial charge on any atom is 0.334 e. The van der Waals surface area contributed by atoms with Gasteiger partial charge in [-0.05, 0) is 41.4 Å². The molecule has 2 N–H and O–H groups in total. The molecule has 13 heteroatoms. The molecule has 2 aromatic rings. The molecule has 4 atom stereocenters. The number of imidazole rings is 1. The minimum absolute atomic E-state index is 0.0351. The number of amides is 1. The number of nitrogens with one attached hydrogen (secondary N) is 2. The summed E-state index contributed by atoms with van der Waals surface area (Å²) in [6.45, 7) is 19.5. The Labute approximate surface area is 243 Å². The molecule has 222 valence electrons. The Bertz CT molecular complexity index is 1310. The summed E-state index contributed by atoms with van der Waals surface area (Å²) in [5.41, 5.74) is 1.50. The molecule has 1 saturated carbocycles. The van der Waals surface area contributed by atoms with Gasteiger partial charge < -0.3 is 17.5 Å². The molecule has 0 aromatic carbocycles. The lowest BCUT2D eigenvalue weighted by atomic mass is 9.95. The summed E-state index contributed by atoms with van der Waals surface area (Å²) in [6.07, 6.45) is 5.50. The Kier molecular flexibility index (Phi) is 7.97. The summed E-state index contributed by atoms with van der Waals surface area (Å²) in [7, 11) is -5.44. The fraction of sp³-hybridized carbons (Fsp3) is 0.778. The van der Waals surface area contributed by atoms with Crippen molar-refractivity contribution in [2.45, 2.75) is 132 Å². The van der Waals surface area contributed by atoms with E-state index in [1.54, 1.807) is 6.33 Å². The van der Waals surface area contributed by atoms with Crippen molar-refractivity contribution >= 4 is 51.9 Å². The van der Waals surface area contributed by atoms with Gasteiger partial charge in [-0.25, -0.2) is 4.98 Å². The van der Waals surface area contributed by atoms with E-state index in [0.717, 1.165) is 25.7 Å². The van der Waals surface area contributed by atoms with Gasteiger partial charge in [0.15, 0.2) is 11.2 Å². The fourth-order valence-electron chi connectivity index (χ4n) is 7.20. The normalized spacial score (nSPS) is 29.7. The van der Waals surface area contributed by atoms with E-state index >= 15 is 0 Å². The number of anilines is 1. The highest BCUT2D eigenvalue weighted by Crippen LogP contribution is 2.63. The average molecular weight is 608 g/mol. The van der Waals surface area contributed by atoms with Crippen molar-refractivity contribution in [2.75, 3.05) is 5.32 Å². The number of hydrogen-bond acceptors (Lipinski definition) is 8. The number of H-pyrrole nitrogens is 1. The third-order valence-corrected chi connectivity index (χ3v) is 21.3. The lowest BCUT2D eigenvalue weighted by Gasteiger charge is -2.55. The van der Waals surface area contributed by atoms with E-state index in [4.69, 9.17) is 13.0 Å². The lowest BCUT2D eigenvalue weighted by Crippen LogP contribution is -2.68. The summed E-state index contributed by atoms with van der Waals surface area (Å²) in [4.78, 5) is 36.3. The molecule has 1 aliphatic carbocycles. The number of fused-ring (bicyclic) bond motifs is 1. The summed E-state index contributed by atoms with van der Waals surface area (Å²) >= 11 is 1.89. The molecule has 2 aromatic heterocycles. The molecule has 3 fully saturated rings. The van der Waals surface area contributed by atoms with Crippen LogP contribution in [0, 0.1) is 0 Å². The van der Waals surface area contributed by atoms with Crippen molar-refractivity contribution in [3.63, 3.8) is 0 Å². The van der Waals surface area contributed by atoms with E-state index in [1.165, 1.54) is 6.92 Å². The molecule has 0 radical (unpaired) electrons. The first-order valence-electron chi connectivity index (χ1n) is 14.7. The summed E-state index contributed by atoms with van der Waals surface area (Å²) in [6, 6.07) is 0. The van der Waals surface area contributed by atoms with Gasteiger partial charge in [-0.2, -0.15) is 4.98 Å². The highest BCUT2D eigenvalue weighted by Gasteiger charge is 2.67. The summed E-state index contributed by atoms with van der Waals surface area (Å²) < 4.78 is 24.1. The highest BCUT2D eigenvalue weighted by molar-refractivity contribution is 8.01. The van der Waals surface area contributed by atoms with Gasteiger partial charge in [0.25, 0.3) is 5.56 Å². The van der Waals surface area contributed by atoms with Crippen LogP contribution in [0.3, 0.4) is 0 Å². The third-order valence-electron chi connectivity index (χ3n) is 9.13. The number of carbonyl (C=O) groups is 1. The predicted octanol–water partition coefficient (Wildman–Crippen LogP) is 5.96. The fourth-order valence-corrected chi connectivity index (χ4v) is 20.7. The number of hydrogen-bond donors (Lipinski definition) is 2. The standard InChI is InChI=1S/C27H45N5O5SSi2/c1-15(2)39(16(3)4)35-20-11-10-12-27(20)21(36-40(37-39,17(5)6)18(7)8)13-22(38-27)32-14-28-24-23(32)25(34)31-26(30-24)29-19(9)33/h14-18,20-22H,10-13H2,1-9H3,(H2,29,30,31,33,34)/t20-,21-,22+,27-/m0/s1. The zero-order valence-corrected chi connectivity index (χ0v) is 28.1. The lowest BCUT2D eigenvalue weighted by molar-refractivity contribution is -0.114. The van der Waals surface area contributed by atoms with Crippen LogP contribution in [-0.2, 0) is 17.8 Å². The molecule has 10 nitrogen and oxygen atoms in total. The van der Waals surface area contributed by atoms with E-state index in [1.807, 2.05) is 16.3 Å². The van der Waals surface area contributed by atoms with Gasteiger partial charge in [-0.1, -0.05) is 55.4 Å². The molecule has 5 rings (SSSR count). The van der Waals surface area contributed by atoms with E-state index in [0.29, 0.717) is 11.2 Å². The summed E-state index contributed by atoms with van der Waals surface area (Å²) in [5, 5.41) is 2.49. The van der Waals surface area contributed by atoms with E-state index in [-0.39, 0.29) is 61.9 Å². The molecule has 4 heterocycles. The first-order valence-corrected chi connectivity index (χ1v) is 19.6. The van der Waals surface area contributed by atoms with Crippen molar-refractivity contribution in [1.29, 1.82) is 0 Å². The number of aromatic nitrogens is 4. The molecule has 40 heavy (non-hydrogen) atoms. The Morgan fingerprint density at radius 2 is 1.68 bits per heavy atom. The molecule has 0 unspecified atom stereocenters. The SMILES string of the molecule is CC(=O)Nc1nc2ncn([C@H]3C[C@@H]4O[Si](C(C)C)(C(C)C)O[Si](C(C)C)(C(C)C)O[C@H]5CCC[C@]54S3)c2c(=O)[nH]1. The van der Waals surface area contributed by atoms with E-state index in [9.17, 15) is 9.59 Å². The molecular formula is C27H45N5O5SSi2. The molecule has 1 amide bonds. The van der Waals surface area contributed by atoms with Gasteiger partial charge >= 0.3 is 17.1 Å². The molecule has 3 aliphatic rings. The van der Waals surface area contributed by atoms with Crippen LogP contribution in [0.2, 0.25) is 22.2 Å². The maximum atomic E-state index is 13.2. The van der Waals surface area contributed by atoms with Gasteiger partial charge in [-0.3, -0.25) is 19.9 Å². The van der Waals surface area contributed by atoms with Crippen LogP contribution in [-0.4, -0.2) is 59.5 Å². The van der Waals surface area contributed by atoms with Gasteiger partial charge in [0.2, 0.25) is 11.9 Å². The first kappa shape index (κ1) is 30.0. The topological polar surface area (TPSA) is 120 Å². The second kappa shape index (κ2) is 10.6. The monoisotopic (exact) mass is 607 g/mol. The third kappa shape index (κ3) is 4.64. The first-order chi connectivity index (χ1) is 18.8. The Morgan fingerprint density at radius 1 is 1.07 bits per heavy atom. The predicted molar refractivity (Wildman–Crippen MR) is 163 cm³/mol. The van der Waals surface area contributed by atoms with Crippen molar-refractivity contribution in [3.8, 4) is 0 Å². The number of rotatable bonds is 6. The average Bonchev–Trinajstić information content (AvgIpc) is 3.53. The molecule has 0 bridgehead atoms. The molecular weight excluding hydrogens is 563 g/mol. The smallest absolute Gasteiger partial charge is 0.334 e. The second-order valence-electron chi connectivity index (χ2n) is 13.0. The largest absolute Gasteiger partial charge is 0.414 e. The van der Waals surface area contributed by atoms with Crippen LogP contribution >= 0.6 is 11.8 Å². The Balaban J connectivity index is 1.61. The number of thioether (sulfide) groups is 1. The summed E-state index contributed by atoms with van der Waals surface area (Å²) in [5.74, 6) is -0.201. The zero-order valence-electron chi connectivity index (χ0n) is 25.2. The maximum absolute atomic E-state index is 13.2. The van der Waals surface area contributed by atoms with E-state index in [2.05, 4.69) is 75.7 Å². The highest BCUT2D eigenvalue weighted by atomic mass is 32.2. The number of nitrogens with zero attached hydrogens (tertiary/aromatic N) is 3. The Hall–Kier alpha value is -1.52. The van der Waals surface area contributed by atoms with Crippen molar-refractivity contribution in [2.24, 2.45) is 0 Å². The van der Waals surface area contributed by atoms with Crippen LogP contribution in [0.15, 0.2) is 11.1 Å². The number of aromatic amines is 1. The minimum atomic E-state index is -2.76. The minimum Gasteiger partial charge on any atom is -0.414 e. The van der Waals surface area contributed by atoms with Crippen LogP contribution in [0.4, 0.5) is 5.95 Å². The van der Waals surface area contributed by atoms with Gasteiger partial charge in [0.05, 0.1) is 28.7 Å².